The van der Waals surface area contributed by atoms with E-state index in [0.717, 1.165) is 12.1 Å². The van der Waals surface area contributed by atoms with Gasteiger partial charge in [0.2, 0.25) is 5.91 Å². The second-order valence-electron chi connectivity index (χ2n) is 3.22. The van der Waals surface area contributed by atoms with Gasteiger partial charge in [-0.3, -0.25) is 4.79 Å². The number of hydrogen-bond donors (Lipinski definition) is 2. The number of carbonyl (C=O) groups is 1. The molecule has 0 saturated heterocycles. The molecule has 5 heteroatoms. The van der Waals surface area contributed by atoms with Gasteiger partial charge in [0.05, 0.1) is 0 Å². The lowest BCUT2D eigenvalue weighted by atomic mass is 9.92. The van der Waals surface area contributed by atoms with E-state index in [1.807, 2.05) is 0 Å². The second-order valence-corrected chi connectivity index (χ2v) is 3.22. The van der Waals surface area contributed by atoms with Crippen molar-refractivity contribution in [2.75, 3.05) is 0 Å². The number of hydrogen-bond acceptors (Lipinski definition) is 2. The van der Waals surface area contributed by atoms with Crippen LogP contribution >= 0.6 is 0 Å². The largest absolute Gasteiger partial charge is 0.368 e. The van der Waals surface area contributed by atoms with Crippen molar-refractivity contribution in [2.24, 2.45) is 11.5 Å². The molecule has 1 aromatic rings. The van der Waals surface area contributed by atoms with Gasteiger partial charge in [0, 0.05) is 6.07 Å². The molecule has 0 aliphatic heterocycles. The summed E-state index contributed by atoms with van der Waals surface area (Å²) < 4.78 is 25.5. The molecular weight excluding hydrogens is 190 g/mol. The van der Waals surface area contributed by atoms with Gasteiger partial charge in [0.15, 0.2) is 0 Å². The van der Waals surface area contributed by atoms with Gasteiger partial charge in [-0.25, -0.2) is 8.78 Å². The minimum Gasteiger partial charge on any atom is -0.368 e. The Morgan fingerprint density at radius 2 is 1.71 bits per heavy atom. The topological polar surface area (TPSA) is 69.1 Å². The Bertz CT molecular complexity index is 357. The highest BCUT2D eigenvalue weighted by atomic mass is 19.1. The van der Waals surface area contributed by atoms with Gasteiger partial charge >= 0.3 is 0 Å². The van der Waals surface area contributed by atoms with Crippen molar-refractivity contribution in [3.63, 3.8) is 0 Å². The molecule has 1 amide bonds. The zero-order chi connectivity index (χ0) is 10.9. The van der Waals surface area contributed by atoms with Crippen molar-refractivity contribution in [1.82, 2.24) is 0 Å². The van der Waals surface area contributed by atoms with E-state index < -0.39 is 23.1 Å². The first-order valence-corrected chi connectivity index (χ1v) is 3.89. The van der Waals surface area contributed by atoms with Gasteiger partial charge in [-0.2, -0.15) is 0 Å². The Balaban J connectivity index is 3.25. The Hall–Kier alpha value is -1.49. The molecule has 0 radical (unpaired) electrons. The number of carbonyl (C=O) groups excluding carboxylic acids is 1. The third-order valence-corrected chi connectivity index (χ3v) is 1.97. The molecule has 0 heterocycles. The van der Waals surface area contributed by atoms with E-state index in [1.165, 1.54) is 6.92 Å². The molecule has 0 fully saturated rings. The zero-order valence-corrected chi connectivity index (χ0v) is 7.55. The van der Waals surface area contributed by atoms with Crippen LogP contribution in [0.25, 0.3) is 0 Å². The molecule has 1 atom stereocenters. The van der Waals surface area contributed by atoms with Crippen LogP contribution in [-0.4, -0.2) is 5.91 Å². The number of halogens is 2. The van der Waals surface area contributed by atoms with Crippen LogP contribution in [0.1, 0.15) is 12.5 Å². The number of nitrogens with two attached hydrogens (primary N) is 2. The van der Waals surface area contributed by atoms with Crippen LogP contribution in [0.4, 0.5) is 8.78 Å². The Morgan fingerprint density at radius 3 is 2.07 bits per heavy atom. The van der Waals surface area contributed by atoms with E-state index >= 15 is 0 Å². The Morgan fingerprint density at radius 1 is 1.29 bits per heavy atom. The first kappa shape index (κ1) is 10.6. The number of rotatable bonds is 2. The van der Waals surface area contributed by atoms with E-state index in [-0.39, 0.29) is 5.56 Å². The molecular formula is C9H10F2N2O. The lowest BCUT2D eigenvalue weighted by molar-refractivity contribution is -0.122. The van der Waals surface area contributed by atoms with Crippen LogP contribution in [0.3, 0.4) is 0 Å². The van der Waals surface area contributed by atoms with Crippen molar-refractivity contribution in [3.05, 3.63) is 35.4 Å². The maximum Gasteiger partial charge on any atom is 0.241 e. The molecule has 0 aromatic heterocycles. The lowest BCUT2D eigenvalue weighted by Crippen LogP contribution is -2.46. The van der Waals surface area contributed by atoms with E-state index in [1.54, 1.807) is 0 Å². The number of primary amides is 1. The van der Waals surface area contributed by atoms with Crippen LogP contribution in [-0.2, 0) is 10.3 Å². The fraction of sp³-hybridized carbons (Fsp3) is 0.222. The summed E-state index contributed by atoms with van der Waals surface area (Å²) in [6.07, 6.45) is 0. The monoisotopic (exact) mass is 200 g/mol. The smallest absolute Gasteiger partial charge is 0.241 e. The first-order chi connectivity index (χ1) is 6.34. The van der Waals surface area contributed by atoms with Crippen molar-refractivity contribution in [2.45, 2.75) is 12.5 Å². The molecule has 3 nitrogen and oxygen atoms in total. The van der Waals surface area contributed by atoms with E-state index in [2.05, 4.69) is 0 Å². The van der Waals surface area contributed by atoms with Crippen molar-refractivity contribution in [3.8, 4) is 0 Å². The summed E-state index contributed by atoms with van der Waals surface area (Å²) in [6.45, 7) is 1.30. The average Bonchev–Trinajstić information content (AvgIpc) is 2.01. The van der Waals surface area contributed by atoms with Crippen molar-refractivity contribution in [1.29, 1.82) is 0 Å². The molecule has 1 rings (SSSR count). The van der Waals surface area contributed by atoms with Crippen molar-refractivity contribution < 1.29 is 13.6 Å². The summed E-state index contributed by atoms with van der Waals surface area (Å²) in [5.41, 5.74) is 8.95. The lowest BCUT2D eigenvalue weighted by Gasteiger charge is -2.20. The minimum absolute atomic E-state index is 0.0162. The molecule has 1 unspecified atom stereocenters. The summed E-state index contributed by atoms with van der Waals surface area (Å²) in [5.74, 6) is -2.43. The van der Waals surface area contributed by atoms with Crippen molar-refractivity contribution >= 4 is 5.91 Å². The predicted octanol–water partition coefficient (Wildman–Crippen LogP) is 0.624. The highest BCUT2D eigenvalue weighted by Gasteiger charge is 2.28. The number of amides is 1. The Labute approximate surface area is 79.7 Å². The fourth-order valence-corrected chi connectivity index (χ4v) is 0.996. The first-order valence-electron chi connectivity index (χ1n) is 3.89. The summed E-state index contributed by atoms with van der Waals surface area (Å²) >= 11 is 0. The summed E-state index contributed by atoms with van der Waals surface area (Å²) in [4.78, 5) is 10.9. The molecule has 0 bridgehead atoms. The Kier molecular flexibility index (Phi) is 2.53. The van der Waals surface area contributed by atoms with Crippen LogP contribution in [0.5, 0.6) is 0 Å². The maximum absolute atomic E-state index is 12.8. The van der Waals surface area contributed by atoms with Crippen LogP contribution in [0, 0.1) is 11.6 Å². The quantitative estimate of drug-likeness (QED) is 0.734. The number of benzene rings is 1. The highest BCUT2D eigenvalue weighted by molar-refractivity contribution is 5.85. The third kappa shape index (κ3) is 1.88. The molecule has 0 saturated carbocycles. The molecule has 0 aliphatic carbocycles. The molecule has 4 N–H and O–H groups in total. The van der Waals surface area contributed by atoms with Gasteiger partial charge in [-0.15, -0.1) is 0 Å². The minimum atomic E-state index is -1.57. The standard InChI is InChI=1S/C9H10F2N2O/c1-9(13,8(12)14)5-2-6(10)4-7(11)3-5/h2-4H,13H2,1H3,(H2,12,14). The normalized spacial score (nSPS) is 14.9. The third-order valence-electron chi connectivity index (χ3n) is 1.97. The predicted molar refractivity (Wildman–Crippen MR) is 47.1 cm³/mol. The van der Waals surface area contributed by atoms with E-state index in [4.69, 9.17) is 11.5 Å². The van der Waals surface area contributed by atoms with Gasteiger partial charge in [-0.1, -0.05) is 0 Å². The average molecular weight is 200 g/mol. The van der Waals surface area contributed by atoms with Crippen LogP contribution in [0.15, 0.2) is 18.2 Å². The molecule has 0 spiro atoms. The molecule has 0 aliphatic rings. The second kappa shape index (κ2) is 3.34. The molecule has 14 heavy (non-hydrogen) atoms. The van der Waals surface area contributed by atoms with Gasteiger partial charge in [0.1, 0.15) is 17.2 Å². The SMILES string of the molecule is CC(N)(C(N)=O)c1cc(F)cc(F)c1. The zero-order valence-electron chi connectivity index (χ0n) is 7.55. The maximum atomic E-state index is 12.8. The molecule has 76 valence electrons. The van der Waals surface area contributed by atoms with Crippen LogP contribution in [0.2, 0.25) is 0 Å². The van der Waals surface area contributed by atoms with Crippen LogP contribution < -0.4 is 11.5 Å². The van der Waals surface area contributed by atoms with E-state index in [0.29, 0.717) is 6.07 Å². The summed E-state index contributed by atoms with van der Waals surface area (Å²) in [6, 6.07) is 2.66. The molecule has 1 aromatic carbocycles. The summed E-state index contributed by atoms with van der Waals surface area (Å²) in [7, 11) is 0. The summed E-state index contributed by atoms with van der Waals surface area (Å²) in [5, 5.41) is 0. The fourth-order valence-electron chi connectivity index (χ4n) is 0.996. The highest BCUT2D eigenvalue weighted by Crippen LogP contribution is 2.19. The van der Waals surface area contributed by atoms with Gasteiger partial charge in [-0.05, 0) is 24.6 Å². The van der Waals surface area contributed by atoms with E-state index in [9.17, 15) is 13.6 Å². The van der Waals surface area contributed by atoms with Gasteiger partial charge < -0.3 is 11.5 Å². The van der Waals surface area contributed by atoms with Gasteiger partial charge in [0.25, 0.3) is 0 Å².